The largest absolute Gasteiger partial charge is 0.465 e. The molecule has 0 aromatic carbocycles. The van der Waals surface area contributed by atoms with Gasteiger partial charge in [-0.1, -0.05) is 6.58 Å². The molecule has 0 unspecified atom stereocenters. The fourth-order valence-electron chi connectivity index (χ4n) is 3.24. The van der Waals surface area contributed by atoms with Gasteiger partial charge in [-0.2, -0.15) is 0 Å². The number of hydrogen-bond donors (Lipinski definition) is 0. The molecule has 152 valence electrons. The van der Waals surface area contributed by atoms with Crippen molar-refractivity contribution in [1.82, 2.24) is 0 Å². The van der Waals surface area contributed by atoms with Crippen LogP contribution in [0.1, 0.15) is 47.0 Å². The highest BCUT2D eigenvalue weighted by atomic mass is 16.6. The van der Waals surface area contributed by atoms with Gasteiger partial charge in [0, 0.05) is 0 Å². The van der Waals surface area contributed by atoms with E-state index in [-0.39, 0.29) is 51.3 Å². The second kappa shape index (κ2) is 9.53. The first kappa shape index (κ1) is 22.7. The summed E-state index contributed by atoms with van der Waals surface area (Å²) in [7, 11) is 0. The third-order valence-electron chi connectivity index (χ3n) is 4.63. The average Bonchev–Trinajstić information content (AvgIpc) is 2.62. The summed E-state index contributed by atoms with van der Waals surface area (Å²) in [6.45, 7) is 10.6. The number of hydrogen-bond acceptors (Lipinski definition) is 8. The second-order valence-electron chi connectivity index (χ2n) is 6.15. The Balaban J connectivity index is 3.35. The molecule has 0 aromatic heterocycles. The number of carbonyl (C=O) groups is 4. The van der Waals surface area contributed by atoms with Crippen LogP contribution in [0.4, 0.5) is 0 Å². The topological polar surface area (TPSA) is 105 Å². The minimum absolute atomic E-state index is 0.0637. The molecule has 1 fully saturated rings. The van der Waals surface area contributed by atoms with E-state index >= 15 is 0 Å². The lowest BCUT2D eigenvalue weighted by Crippen LogP contribution is -2.53. The van der Waals surface area contributed by atoms with Crippen LogP contribution in [-0.2, 0) is 38.1 Å². The maximum Gasteiger partial charge on any atom is 0.327 e. The van der Waals surface area contributed by atoms with Crippen molar-refractivity contribution in [3.63, 3.8) is 0 Å². The third kappa shape index (κ3) is 4.14. The van der Waals surface area contributed by atoms with Crippen molar-refractivity contribution in [2.75, 3.05) is 26.4 Å². The Hall–Kier alpha value is -2.38. The van der Waals surface area contributed by atoms with Gasteiger partial charge in [0.05, 0.1) is 26.4 Å². The van der Waals surface area contributed by atoms with Gasteiger partial charge in [-0.15, -0.1) is 0 Å². The van der Waals surface area contributed by atoms with Gasteiger partial charge in [0.2, 0.25) is 0 Å². The fourth-order valence-corrected chi connectivity index (χ4v) is 3.24. The zero-order chi connectivity index (χ0) is 20.7. The van der Waals surface area contributed by atoms with E-state index in [9.17, 15) is 19.2 Å². The second-order valence-corrected chi connectivity index (χ2v) is 6.15. The summed E-state index contributed by atoms with van der Waals surface area (Å²) in [5, 5.41) is 0. The number of carbonyl (C=O) groups excluding carboxylic acids is 4. The monoisotopic (exact) mass is 384 g/mol. The normalized spacial score (nSPS) is 17.6. The molecule has 0 spiro atoms. The van der Waals surface area contributed by atoms with E-state index < -0.39 is 34.7 Å². The Kier molecular flexibility index (Phi) is 7.99. The molecule has 8 heteroatoms. The standard InChI is InChI=1S/C19H28O8/c1-6-24-14(20)18(15(21)25-7-2)10-11-19(13(5)12-18,16(22)26-8-3)17(23)27-9-4/h5-12H2,1-4H3. The Bertz CT molecular complexity index is 571. The SMILES string of the molecule is C=C1CC(C(=O)OCC)(C(=O)OCC)CCC1(C(=O)OCC)C(=O)OCC. The first-order valence-electron chi connectivity index (χ1n) is 9.13. The van der Waals surface area contributed by atoms with Gasteiger partial charge in [-0.25, -0.2) is 0 Å². The summed E-state index contributed by atoms with van der Waals surface area (Å²) in [5.74, 6) is -3.11. The molecule has 0 aliphatic heterocycles. The van der Waals surface area contributed by atoms with Crippen molar-refractivity contribution in [3.05, 3.63) is 12.2 Å². The van der Waals surface area contributed by atoms with Crippen LogP contribution in [0.2, 0.25) is 0 Å². The maximum atomic E-state index is 12.6. The summed E-state index contributed by atoms with van der Waals surface area (Å²) in [6.07, 6.45) is -0.551. The van der Waals surface area contributed by atoms with E-state index in [1.54, 1.807) is 27.7 Å². The first-order valence-corrected chi connectivity index (χ1v) is 9.13. The van der Waals surface area contributed by atoms with Gasteiger partial charge in [0.15, 0.2) is 10.8 Å². The lowest BCUT2D eigenvalue weighted by atomic mass is 9.61. The highest BCUT2D eigenvalue weighted by Gasteiger charge is 2.62. The van der Waals surface area contributed by atoms with Crippen LogP contribution < -0.4 is 0 Å². The van der Waals surface area contributed by atoms with Gasteiger partial charge in [-0.3, -0.25) is 19.2 Å². The van der Waals surface area contributed by atoms with E-state index in [2.05, 4.69) is 6.58 Å². The van der Waals surface area contributed by atoms with Gasteiger partial charge >= 0.3 is 23.9 Å². The minimum Gasteiger partial charge on any atom is -0.465 e. The molecule has 0 saturated heterocycles. The van der Waals surface area contributed by atoms with E-state index in [0.717, 1.165) is 0 Å². The van der Waals surface area contributed by atoms with Crippen LogP contribution in [0.15, 0.2) is 12.2 Å². The van der Waals surface area contributed by atoms with Crippen molar-refractivity contribution in [1.29, 1.82) is 0 Å². The van der Waals surface area contributed by atoms with Crippen molar-refractivity contribution in [3.8, 4) is 0 Å². The van der Waals surface area contributed by atoms with Crippen molar-refractivity contribution in [2.45, 2.75) is 47.0 Å². The molecule has 27 heavy (non-hydrogen) atoms. The first-order chi connectivity index (χ1) is 12.8. The van der Waals surface area contributed by atoms with Crippen LogP contribution >= 0.6 is 0 Å². The lowest BCUT2D eigenvalue weighted by Gasteiger charge is -2.41. The van der Waals surface area contributed by atoms with Crippen molar-refractivity contribution < 1.29 is 38.1 Å². The van der Waals surface area contributed by atoms with Crippen molar-refractivity contribution >= 4 is 23.9 Å². The van der Waals surface area contributed by atoms with Crippen LogP contribution in [0.25, 0.3) is 0 Å². The molecule has 1 saturated carbocycles. The quantitative estimate of drug-likeness (QED) is 0.271. The Morgan fingerprint density at radius 2 is 1.11 bits per heavy atom. The number of rotatable bonds is 8. The van der Waals surface area contributed by atoms with Crippen molar-refractivity contribution in [2.24, 2.45) is 10.8 Å². The number of ether oxygens (including phenoxy) is 4. The van der Waals surface area contributed by atoms with Gasteiger partial charge in [0.1, 0.15) is 0 Å². The maximum absolute atomic E-state index is 12.6. The molecule has 0 atom stereocenters. The molecular weight excluding hydrogens is 356 g/mol. The van der Waals surface area contributed by atoms with E-state index in [4.69, 9.17) is 18.9 Å². The highest BCUT2D eigenvalue weighted by Crippen LogP contribution is 2.51. The predicted molar refractivity (Wildman–Crippen MR) is 94.4 cm³/mol. The molecular formula is C19H28O8. The van der Waals surface area contributed by atoms with E-state index in [1.807, 2.05) is 0 Å². The summed E-state index contributed by atoms with van der Waals surface area (Å²) < 4.78 is 20.3. The molecule has 0 heterocycles. The molecule has 0 aromatic rings. The zero-order valence-corrected chi connectivity index (χ0v) is 16.4. The highest BCUT2D eigenvalue weighted by molar-refractivity contribution is 6.06. The number of esters is 4. The molecule has 1 aliphatic rings. The van der Waals surface area contributed by atoms with Crippen LogP contribution in [-0.4, -0.2) is 50.3 Å². The molecule has 0 radical (unpaired) electrons. The van der Waals surface area contributed by atoms with Crippen LogP contribution in [0.3, 0.4) is 0 Å². The summed E-state index contributed by atoms with van der Waals surface area (Å²) >= 11 is 0. The molecule has 0 N–H and O–H groups in total. The third-order valence-corrected chi connectivity index (χ3v) is 4.63. The zero-order valence-electron chi connectivity index (χ0n) is 16.4. The average molecular weight is 384 g/mol. The van der Waals surface area contributed by atoms with Gasteiger partial charge < -0.3 is 18.9 Å². The molecule has 0 amide bonds. The summed E-state index contributed by atoms with van der Waals surface area (Å²) in [5.41, 5.74) is -3.33. The van der Waals surface area contributed by atoms with E-state index in [1.165, 1.54) is 0 Å². The van der Waals surface area contributed by atoms with Crippen LogP contribution in [0.5, 0.6) is 0 Å². The molecule has 8 nitrogen and oxygen atoms in total. The summed E-state index contributed by atoms with van der Waals surface area (Å²) in [4.78, 5) is 50.4. The predicted octanol–water partition coefficient (Wildman–Crippen LogP) is 1.95. The summed E-state index contributed by atoms with van der Waals surface area (Å²) in [6, 6.07) is 0. The van der Waals surface area contributed by atoms with Crippen LogP contribution in [0, 0.1) is 10.8 Å². The molecule has 1 rings (SSSR count). The minimum atomic E-state index is -1.76. The van der Waals surface area contributed by atoms with E-state index in [0.29, 0.717) is 0 Å². The molecule has 1 aliphatic carbocycles. The van der Waals surface area contributed by atoms with Gasteiger partial charge in [-0.05, 0) is 52.5 Å². The fraction of sp³-hybridized carbons (Fsp3) is 0.684. The smallest absolute Gasteiger partial charge is 0.327 e. The lowest BCUT2D eigenvalue weighted by molar-refractivity contribution is -0.182. The Labute approximate surface area is 159 Å². The Morgan fingerprint density at radius 3 is 1.44 bits per heavy atom. The Morgan fingerprint density at radius 1 is 0.741 bits per heavy atom. The molecule has 0 bridgehead atoms. The van der Waals surface area contributed by atoms with Gasteiger partial charge in [0.25, 0.3) is 0 Å².